The lowest BCUT2D eigenvalue weighted by molar-refractivity contribution is -0.0378. The first-order valence-corrected chi connectivity index (χ1v) is 11.8. The van der Waals surface area contributed by atoms with Crippen molar-refractivity contribution in [3.8, 4) is 0 Å². The van der Waals surface area contributed by atoms with Crippen LogP contribution >= 0.6 is 0 Å². The summed E-state index contributed by atoms with van der Waals surface area (Å²) >= 11 is 0. The number of benzene rings is 2. The average Bonchev–Trinajstić information content (AvgIpc) is 2.78. The number of carbonyl (C=O) groups excluding carboxylic acids is 2. The molecule has 0 radical (unpaired) electrons. The maximum atomic E-state index is 13.0. The Bertz CT molecular complexity index is 983. The molecule has 0 atom stereocenters. The summed E-state index contributed by atoms with van der Waals surface area (Å²) in [4.78, 5) is 25.7. The molecule has 1 heterocycles. The molecule has 30 heavy (non-hydrogen) atoms. The molecule has 1 aliphatic heterocycles. The molecule has 4 nitrogen and oxygen atoms in total. The van der Waals surface area contributed by atoms with E-state index in [2.05, 4.69) is 12.1 Å². The molecule has 2 fully saturated rings. The van der Waals surface area contributed by atoms with Gasteiger partial charge in [0.2, 0.25) is 0 Å². The Morgan fingerprint density at radius 2 is 1.30 bits per heavy atom. The first-order valence-electron chi connectivity index (χ1n) is 11.8. The van der Waals surface area contributed by atoms with Crippen molar-refractivity contribution in [3.05, 3.63) is 46.5 Å². The molecule has 1 N–H and O–H groups in total. The van der Waals surface area contributed by atoms with E-state index in [4.69, 9.17) is 0 Å². The van der Waals surface area contributed by atoms with Crippen LogP contribution in [0.4, 0.5) is 0 Å². The molecule has 2 aromatic rings. The Kier molecular flexibility index (Phi) is 5.36. The van der Waals surface area contributed by atoms with Crippen LogP contribution in [0.2, 0.25) is 0 Å². The van der Waals surface area contributed by atoms with Gasteiger partial charge in [0.15, 0.2) is 0 Å². The molecule has 0 saturated heterocycles. The lowest BCUT2D eigenvalue weighted by atomic mass is 9.79. The highest BCUT2D eigenvalue weighted by molar-refractivity contribution is 6.25. The summed E-state index contributed by atoms with van der Waals surface area (Å²) in [5.74, 6) is 0.107. The summed E-state index contributed by atoms with van der Waals surface area (Å²) in [5, 5.41) is 12.4. The zero-order valence-electron chi connectivity index (χ0n) is 17.7. The average molecular weight is 406 g/mol. The molecule has 2 aliphatic carbocycles. The minimum Gasteiger partial charge on any atom is -0.278 e. The largest absolute Gasteiger partial charge is 0.285 e. The number of hydroxylamine groups is 2. The summed E-state index contributed by atoms with van der Waals surface area (Å²) in [5.41, 5.74) is 3.24. The second-order valence-electron chi connectivity index (χ2n) is 9.63. The quantitative estimate of drug-likeness (QED) is 0.496. The first kappa shape index (κ1) is 19.7. The third-order valence-electron chi connectivity index (χ3n) is 7.65. The molecular formula is C26H31NO3. The topological polar surface area (TPSA) is 57.6 Å². The minimum atomic E-state index is -0.600. The second kappa shape index (κ2) is 8.14. The number of amides is 2. The predicted octanol–water partition coefficient (Wildman–Crippen LogP) is 6.07. The third kappa shape index (κ3) is 3.45. The van der Waals surface area contributed by atoms with Gasteiger partial charge in [0.1, 0.15) is 0 Å². The second-order valence-corrected chi connectivity index (χ2v) is 9.63. The van der Waals surface area contributed by atoms with E-state index in [0.717, 1.165) is 29.2 Å². The Labute approximate surface area is 178 Å². The number of carbonyl (C=O) groups is 2. The van der Waals surface area contributed by atoms with Gasteiger partial charge >= 0.3 is 0 Å². The van der Waals surface area contributed by atoms with Crippen LogP contribution in [0.25, 0.3) is 10.8 Å². The minimum absolute atomic E-state index is 0.322. The van der Waals surface area contributed by atoms with Gasteiger partial charge in [0.25, 0.3) is 11.8 Å². The van der Waals surface area contributed by atoms with Crippen LogP contribution < -0.4 is 0 Å². The van der Waals surface area contributed by atoms with Gasteiger partial charge in [-0.3, -0.25) is 14.8 Å². The Morgan fingerprint density at radius 1 is 0.733 bits per heavy atom. The normalized spacial score (nSPS) is 20.9. The van der Waals surface area contributed by atoms with Crippen molar-refractivity contribution >= 4 is 22.6 Å². The van der Waals surface area contributed by atoms with Gasteiger partial charge < -0.3 is 0 Å². The van der Waals surface area contributed by atoms with E-state index in [1.807, 2.05) is 12.1 Å². The van der Waals surface area contributed by atoms with Crippen LogP contribution in [-0.4, -0.2) is 22.1 Å². The number of imide groups is 1. The number of rotatable bonds is 4. The van der Waals surface area contributed by atoms with E-state index in [-0.39, 0.29) is 0 Å². The van der Waals surface area contributed by atoms with Crippen molar-refractivity contribution in [2.45, 2.75) is 77.0 Å². The first-order chi connectivity index (χ1) is 14.6. The summed E-state index contributed by atoms with van der Waals surface area (Å²) in [6, 6.07) is 8.08. The summed E-state index contributed by atoms with van der Waals surface area (Å²) in [6.45, 7) is 0. The van der Waals surface area contributed by atoms with Gasteiger partial charge in [-0.25, -0.2) is 0 Å². The van der Waals surface area contributed by atoms with Gasteiger partial charge in [0.05, 0.1) is 11.1 Å². The molecule has 0 unspecified atom stereocenters. The van der Waals surface area contributed by atoms with E-state index in [0.29, 0.717) is 28.0 Å². The summed E-state index contributed by atoms with van der Waals surface area (Å²) < 4.78 is 0. The van der Waals surface area contributed by atoms with Gasteiger partial charge in [-0.05, 0) is 47.3 Å². The van der Waals surface area contributed by atoms with Crippen LogP contribution in [0.3, 0.4) is 0 Å². The maximum Gasteiger partial charge on any atom is 0.285 e. The third-order valence-corrected chi connectivity index (χ3v) is 7.65. The molecule has 0 spiro atoms. The predicted molar refractivity (Wildman–Crippen MR) is 117 cm³/mol. The highest BCUT2D eigenvalue weighted by Gasteiger charge is 2.35. The summed E-state index contributed by atoms with van der Waals surface area (Å²) in [6.07, 6.45) is 14.5. The molecule has 5 rings (SSSR count). The summed E-state index contributed by atoms with van der Waals surface area (Å²) in [7, 11) is 0. The lowest BCUT2D eigenvalue weighted by Gasteiger charge is -2.28. The zero-order valence-corrected chi connectivity index (χ0v) is 17.7. The zero-order chi connectivity index (χ0) is 20.7. The fraction of sp³-hybridized carbons (Fsp3) is 0.538. The highest BCUT2D eigenvalue weighted by atomic mass is 16.5. The molecular weight excluding hydrogens is 374 g/mol. The smallest absolute Gasteiger partial charge is 0.278 e. The van der Waals surface area contributed by atoms with Crippen LogP contribution in [0.5, 0.6) is 0 Å². The molecule has 0 bridgehead atoms. The number of hydrogen-bond donors (Lipinski definition) is 1. The van der Waals surface area contributed by atoms with E-state index < -0.39 is 11.8 Å². The molecule has 2 aromatic carbocycles. The Morgan fingerprint density at radius 3 is 1.93 bits per heavy atom. The molecule has 2 saturated carbocycles. The molecule has 3 aliphatic rings. The SMILES string of the molecule is O=C1c2ccc(CC3CCCCC3)c3ccc(CC4CCCCC4)c(c23)C(=O)N1O. The van der Waals surface area contributed by atoms with E-state index in [1.165, 1.54) is 69.8 Å². The van der Waals surface area contributed by atoms with Gasteiger partial charge in [-0.15, -0.1) is 5.06 Å². The van der Waals surface area contributed by atoms with Crippen molar-refractivity contribution < 1.29 is 14.8 Å². The van der Waals surface area contributed by atoms with Gasteiger partial charge in [0, 0.05) is 5.39 Å². The number of nitrogens with zero attached hydrogens (tertiary/aromatic N) is 1. The highest BCUT2D eigenvalue weighted by Crippen LogP contribution is 2.38. The molecule has 158 valence electrons. The maximum absolute atomic E-state index is 13.0. The van der Waals surface area contributed by atoms with Crippen LogP contribution in [0.1, 0.15) is 96.1 Å². The van der Waals surface area contributed by atoms with E-state index >= 15 is 0 Å². The van der Waals surface area contributed by atoms with Crippen LogP contribution in [-0.2, 0) is 12.8 Å². The van der Waals surface area contributed by atoms with Gasteiger partial charge in [-0.2, -0.15) is 0 Å². The molecule has 4 heteroatoms. The Hall–Kier alpha value is -2.20. The van der Waals surface area contributed by atoms with Crippen molar-refractivity contribution in [3.63, 3.8) is 0 Å². The van der Waals surface area contributed by atoms with Crippen LogP contribution in [0, 0.1) is 11.8 Å². The van der Waals surface area contributed by atoms with Crippen LogP contribution in [0.15, 0.2) is 24.3 Å². The molecule has 0 aromatic heterocycles. The fourth-order valence-corrected chi connectivity index (χ4v) is 6.04. The lowest BCUT2D eigenvalue weighted by Crippen LogP contribution is -2.38. The fourth-order valence-electron chi connectivity index (χ4n) is 6.04. The van der Waals surface area contributed by atoms with Gasteiger partial charge in [-0.1, -0.05) is 82.4 Å². The molecule has 2 amide bonds. The van der Waals surface area contributed by atoms with Crippen molar-refractivity contribution in [2.75, 3.05) is 0 Å². The number of hydrogen-bond acceptors (Lipinski definition) is 3. The van der Waals surface area contributed by atoms with Crippen molar-refractivity contribution in [1.29, 1.82) is 0 Å². The monoisotopic (exact) mass is 405 g/mol. The Balaban J connectivity index is 1.60. The van der Waals surface area contributed by atoms with E-state index in [1.54, 1.807) is 0 Å². The standard InChI is InChI=1S/C26H31NO3/c28-25-22-14-11-19(15-17-7-3-1-4-8-17)21-13-12-20(16-18-9-5-2-6-10-18)23(24(21)22)26(29)27(25)30/h11-14,17-18,30H,1-10,15-16H2. The van der Waals surface area contributed by atoms with Crippen molar-refractivity contribution in [2.24, 2.45) is 11.8 Å². The van der Waals surface area contributed by atoms with Crippen molar-refractivity contribution in [1.82, 2.24) is 5.06 Å². The van der Waals surface area contributed by atoms with E-state index in [9.17, 15) is 14.8 Å².